The van der Waals surface area contributed by atoms with Gasteiger partial charge in [-0.2, -0.15) is 0 Å². The molecule has 6 nitrogen and oxygen atoms in total. The molecule has 0 amide bonds. The molecule has 1 aromatic carbocycles. The van der Waals surface area contributed by atoms with Gasteiger partial charge in [-0.15, -0.1) is 0 Å². The van der Waals surface area contributed by atoms with Gasteiger partial charge in [0.15, 0.2) is 0 Å². The normalized spacial score (nSPS) is 15.2. The third-order valence-electron chi connectivity index (χ3n) is 4.74. The Morgan fingerprint density at radius 2 is 1.38 bits per heavy atom. The lowest BCUT2D eigenvalue weighted by molar-refractivity contribution is -0.137. The van der Waals surface area contributed by atoms with Crippen LogP contribution in [0.25, 0.3) is 0 Å². The molecule has 2 rings (SSSR count). The monoisotopic (exact) mass is 359 g/mol. The van der Waals surface area contributed by atoms with Crippen molar-refractivity contribution in [2.24, 2.45) is 0 Å². The summed E-state index contributed by atoms with van der Waals surface area (Å²) in [6, 6.07) is 7.29. The number of carbonyl (C=O) groups is 2. The SMILES string of the molecule is CCN1C(C)=C(C(=O)OC)C(c2ccc(OC)cc2)C(C(=O)OC)=C1C. The summed E-state index contributed by atoms with van der Waals surface area (Å²) < 4.78 is 15.3. The van der Waals surface area contributed by atoms with Crippen LogP contribution in [0.5, 0.6) is 5.75 Å². The minimum Gasteiger partial charge on any atom is -0.497 e. The molecule has 0 fully saturated rings. The van der Waals surface area contributed by atoms with Gasteiger partial charge in [-0.1, -0.05) is 12.1 Å². The molecule has 1 aromatic rings. The summed E-state index contributed by atoms with van der Waals surface area (Å²) in [6.07, 6.45) is 0. The summed E-state index contributed by atoms with van der Waals surface area (Å²) in [5.41, 5.74) is 3.20. The molecule has 26 heavy (non-hydrogen) atoms. The van der Waals surface area contributed by atoms with Crippen molar-refractivity contribution in [1.29, 1.82) is 0 Å². The molecule has 1 aliphatic rings. The lowest BCUT2D eigenvalue weighted by atomic mass is 9.79. The first-order chi connectivity index (χ1) is 12.4. The van der Waals surface area contributed by atoms with Crippen LogP contribution in [0.4, 0.5) is 0 Å². The number of esters is 2. The number of hydrogen-bond acceptors (Lipinski definition) is 6. The van der Waals surface area contributed by atoms with E-state index >= 15 is 0 Å². The van der Waals surface area contributed by atoms with E-state index in [9.17, 15) is 9.59 Å². The van der Waals surface area contributed by atoms with E-state index in [-0.39, 0.29) is 0 Å². The first kappa shape index (κ1) is 19.6. The molecule has 0 radical (unpaired) electrons. The summed E-state index contributed by atoms with van der Waals surface area (Å²) >= 11 is 0. The van der Waals surface area contributed by atoms with Crippen LogP contribution in [-0.4, -0.2) is 44.7 Å². The largest absolute Gasteiger partial charge is 0.497 e. The number of carbonyl (C=O) groups excluding carboxylic acids is 2. The van der Waals surface area contributed by atoms with Crippen LogP contribution in [0, 0.1) is 0 Å². The fraction of sp³-hybridized carbons (Fsp3) is 0.400. The van der Waals surface area contributed by atoms with Crippen molar-refractivity contribution in [1.82, 2.24) is 4.90 Å². The molecule has 1 heterocycles. The number of hydrogen-bond donors (Lipinski definition) is 0. The van der Waals surface area contributed by atoms with Crippen LogP contribution in [0.1, 0.15) is 32.3 Å². The zero-order chi connectivity index (χ0) is 19.4. The van der Waals surface area contributed by atoms with Gasteiger partial charge >= 0.3 is 11.9 Å². The summed E-state index contributed by atoms with van der Waals surface area (Å²) in [4.78, 5) is 27.1. The minimum absolute atomic E-state index is 0.436. The van der Waals surface area contributed by atoms with Crippen LogP contribution < -0.4 is 4.74 Å². The van der Waals surface area contributed by atoms with Gasteiger partial charge in [0.05, 0.1) is 38.4 Å². The molecular formula is C20H25NO5. The molecule has 0 bridgehead atoms. The topological polar surface area (TPSA) is 65.1 Å². The Hall–Kier alpha value is -2.76. The average molecular weight is 359 g/mol. The van der Waals surface area contributed by atoms with Gasteiger partial charge in [-0.05, 0) is 38.5 Å². The van der Waals surface area contributed by atoms with Crippen LogP contribution in [0.15, 0.2) is 46.8 Å². The number of ether oxygens (including phenoxy) is 3. The Labute approximate surface area is 154 Å². The molecule has 0 saturated heterocycles. The summed E-state index contributed by atoms with van der Waals surface area (Å²) in [6.45, 7) is 6.31. The first-order valence-electron chi connectivity index (χ1n) is 8.40. The molecule has 0 aliphatic carbocycles. The Bertz CT molecular complexity index is 721. The molecule has 0 saturated carbocycles. The van der Waals surface area contributed by atoms with Crippen molar-refractivity contribution in [2.75, 3.05) is 27.9 Å². The summed E-state index contributed by atoms with van der Waals surface area (Å²) in [5.74, 6) is -0.796. The van der Waals surface area contributed by atoms with Gasteiger partial charge in [0.25, 0.3) is 0 Å². The fourth-order valence-corrected chi connectivity index (χ4v) is 3.46. The smallest absolute Gasteiger partial charge is 0.336 e. The maximum Gasteiger partial charge on any atom is 0.336 e. The van der Waals surface area contributed by atoms with E-state index in [0.29, 0.717) is 23.4 Å². The predicted octanol–water partition coefficient (Wildman–Crippen LogP) is 3.01. The Morgan fingerprint density at radius 3 is 1.73 bits per heavy atom. The van der Waals surface area contributed by atoms with Gasteiger partial charge in [-0.3, -0.25) is 0 Å². The zero-order valence-corrected chi connectivity index (χ0v) is 16.1. The zero-order valence-electron chi connectivity index (χ0n) is 16.1. The van der Waals surface area contributed by atoms with E-state index in [1.165, 1.54) is 14.2 Å². The number of methoxy groups -OCH3 is 3. The van der Waals surface area contributed by atoms with Crippen molar-refractivity contribution in [3.63, 3.8) is 0 Å². The third kappa shape index (κ3) is 3.31. The number of rotatable bonds is 5. The van der Waals surface area contributed by atoms with Crippen molar-refractivity contribution < 1.29 is 23.8 Å². The Morgan fingerprint density at radius 1 is 0.923 bits per heavy atom. The predicted molar refractivity (Wildman–Crippen MR) is 97.5 cm³/mol. The molecular weight excluding hydrogens is 334 g/mol. The van der Waals surface area contributed by atoms with Crippen LogP contribution in [0.2, 0.25) is 0 Å². The van der Waals surface area contributed by atoms with Gasteiger partial charge in [0, 0.05) is 17.9 Å². The second-order valence-electron chi connectivity index (χ2n) is 5.93. The molecule has 140 valence electrons. The van der Waals surface area contributed by atoms with E-state index in [0.717, 1.165) is 17.0 Å². The highest BCUT2D eigenvalue weighted by Crippen LogP contribution is 2.42. The van der Waals surface area contributed by atoms with Crippen LogP contribution >= 0.6 is 0 Å². The van der Waals surface area contributed by atoms with Gasteiger partial charge < -0.3 is 19.1 Å². The fourth-order valence-electron chi connectivity index (χ4n) is 3.46. The van der Waals surface area contributed by atoms with E-state index in [4.69, 9.17) is 14.2 Å². The maximum atomic E-state index is 12.6. The molecule has 0 N–H and O–H groups in total. The van der Waals surface area contributed by atoms with E-state index in [1.807, 2.05) is 37.8 Å². The molecule has 0 aromatic heterocycles. The number of allylic oxidation sites excluding steroid dienone is 2. The van der Waals surface area contributed by atoms with Gasteiger partial charge in [-0.25, -0.2) is 9.59 Å². The second kappa shape index (κ2) is 8.08. The Balaban J connectivity index is 2.74. The van der Waals surface area contributed by atoms with E-state index in [2.05, 4.69) is 0 Å². The van der Waals surface area contributed by atoms with Crippen LogP contribution in [-0.2, 0) is 19.1 Å². The number of benzene rings is 1. The molecule has 0 spiro atoms. The second-order valence-corrected chi connectivity index (χ2v) is 5.93. The minimum atomic E-state index is -0.566. The summed E-state index contributed by atoms with van der Waals surface area (Å²) in [5, 5.41) is 0. The van der Waals surface area contributed by atoms with Crippen molar-refractivity contribution in [3.05, 3.63) is 52.4 Å². The maximum absolute atomic E-state index is 12.6. The summed E-state index contributed by atoms with van der Waals surface area (Å²) in [7, 11) is 4.27. The third-order valence-corrected chi connectivity index (χ3v) is 4.74. The quantitative estimate of drug-likeness (QED) is 0.753. The standard InChI is InChI=1S/C20H25NO5/c1-7-21-12(2)16(19(22)25-5)18(17(13(21)3)20(23)26-6)14-8-10-15(24-4)11-9-14/h8-11,18H,7H2,1-6H3. The van der Waals surface area contributed by atoms with Crippen LogP contribution in [0.3, 0.4) is 0 Å². The lowest BCUT2D eigenvalue weighted by Crippen LogP contribution is -2.35. The number of nitrogens with zero attached hydrogens (tertiary/aromatic N) is 1. The highest BCUT2D eigenvalue weighted by molar-refractivity contribution is 5.99. The van der Waals surface area contributed by atoms with E-state index in [1.54, 1.807) is 19.2 Å². The Kier molecular flexibility index (Phi) is 6.08. The average Bonchev–Trinajstić information content (AvgIpc) is 2.66. The molecule has 0 atom stereocenters. The molecule has 1 aliphatic heterocycles. The van der Waals surface area contributed by atoms with E-state index < -0.39 is 17.9 Å². The highest BCUT2D eigenvalue weighted by atomic mass is 16.5. The lowest BCUT2D eigenvalue weighted by Gasteiger charge is -2.37. The molecule has 0 unspecified atom stereocenters. The van der Waals surface area contributed by atoms with Crippen molar-refractivity contribution >= 4 is 11.9 Å². The van der Waals surface area contributed by atoms with Crippen molar-refractivity contribution in [2.45, 2.75) is 26.7 Å². The van der Waals surface area contributed by atoms with Gasteiger partial charge in [0.1, 0.15) is 5.75 Å². The first-order valence-corrected chi connectivity index (χ1v) is 8.40. The van der Waals surface area contributed by atoms with Gasteiger partial charge in [0.2, 0.25) is 0 Å². The van der Waals surface area contributed by atoms with Crippen molar-refractivity contribution in [3.8, 4) is 5.75 Å². The molecule has 6 heteroatoms. The highest BCUT2D eigenvalue weighted by Gasteiger charge is 2.39.